The molecule has 6 nitrogen and oxygen atoms in total. The highest BCUT2D eigenvalue weighted by Gasteiger charge is 2.11. The molecule has 1 rings (SSSR count). The second kappa shape index (κ2) is 3.48. The van der Waals surface area contributed by atoms with Gasteiger partial charge < -0.3 is 4.74 Å². The first-order chi connectivity index (χ1) is 5.75. The van der Waals surface area contributed by atoms with E-state index in [2.05, 4.69) is 15.0 Å². The van der Waals surface area contributed by atoms with Crippen molar-refractivity contribution in [2.75, 3.05) is 6.61 Å². The molecule has 0 spiro atoms. The molecule has 0 atom stereocenters. The predicted octanol–water partition coefficient (Wildman–Crippen LogP) is -0.505. The van der Waals surface area contributed by atoms with Crippen LogP contribution in [0.25, 0.3) is 0 Å². The number of carbonyl (C=O) groups excluding carboxylic acids is 1. The Morgan fingerprint density at radius 1 is 1.92 bits per heavy atom. The molecule has 0 saturated heterocycles. The molecule has 0 aliphatic rings. The van der Waals surface area contributed by atoms with Gasteiger partial charge in [0.2, 0.25) is 0 Å². The Morgan fingerprint density at radius 2 is 2.67 bits per heavy atom. The van der Waals surface area contributed by atoms with Gasteiger partial charge in [-0.2, -0.15) is 5.26 Å². The van der Waals surface area contributed by atoms with Crippen molar-refractivity contribution in [1.82, 2.24) is 15.0 Å². The Morgan fingerprint density at radius 3 is 3.17 bits per heavy atom. The average molecular weight is 166 g/mol. The van der Waals surface area contributed by atoms with E-state index in [0.29, 0.717) is 0 Å². The van der Waals surface area contributed by atoms with E-state index in [0.717, 1.165) is 0 Å². The van der Waals surface area contributed by atoms with Crippen molar-refractivity contribution in [3.8, 4) is 6.07 Å². The predicted molar refractivity (Wildman–Crippen MR) is 36.9 cm³/mol. The zero-order valence-corrected chi connectivity index (χ0v) is 6.39. The van der Waals surface area contributed by atoms with Crippen LogP contribution >= 0.6 is 0 Å². The lowest BCUT2D eigenvalue weighted by Gasteiger charge is -1.97. The smallest absolute Gasteiger partial charge is 0.359 e. The maximum atomic E-state index is 11.0. The number of rotatable bonds is 2. The molecule has 0 unspecified atom stereocenters. The number of nitrogens with zero attached hydrogens (tertiary/aromatic N) is 4. The topological polar surface area (TPSA) is 80.8 Å². The third kappa shape index (κ3) is 1.58. The second-order valence-corrected chi connectivity index (χ2v) is 1.98. The van der Waals surface area contributed by atoms with Gasteiger partial charge in [0, 0.05) is 7.05 Å². The number of aromatic nitrogens is 3. The van der Waals surface area contributed by atoms with Crippen LogP contribution in [0.15, 0.2) is 6.20 Å². The summed E-state index contributed by atoms with van der Waals surface area (Å²) in [6.45, 7) is -0.260. The van der Waals surface area contributed by atoms with Crippen LogP contribution in [0.1, 0.15) is 10.5 Å². The lowest BCUT2D eigenvalue weighted by atomic mass is 10.5. The number of ether oxygens (including phenoxy) is 1. The van der Waals surface area contributed by atoms with E-state index in [1.54, 1.807) is 13.1 Å². The van der Waals surface area contributed by atoms with Crippen LogP contribution < -0.4 is 0 Å². The monoisotopic (exact) mass is 166 g/mol. The van der Waals surface area contributed by atoms with E-state index >= 15 is 0 Å². The van der Waals surface area contributed by atoms with Gasteiger partial charge in [-0.15, -0.1) is 5.10 Å². The van der Waals surface area contributed by atoms with Gasteiger partial charge in [0.15, 0.2) is 12.3 Å². The average Bonchev–Trinajstić information content (AvgIpc) is 2.47. The zero-order valence-electron chi connectivity index (χ0n) is 6.39. The number of hydrogen-bond acceptors (Lipinski definition) is 5. The number of aryl methyl sites for hydroxylation is 1. The van der Waals surface area contributed by atoms with Gasteiger partial charge in [0.05, 0.1) is 6.20 Å². The molecule has 1 aromatic rings. The Balaban J connectivity index is 2.67. The summed E-state index contributed by atoms with van der Waals surface area (Å²) in [6.07, 6.45) is 1.28. The molecule has 0 aliphatic carbocycles. The maximum Gasteiger partial charge on any atom is 0.359 e. The molecule has 0 bridgehead atoms. The zero-order chi connectivity index (χ0) is 8.97. The molecule has 0 aliphatic heterocycles. The fourth-order valence-corrected chi connectivity index (χ4v) is 0.646. The normalized spacial score (nSPS) is 9.00. The molecule has 0 aromatic carbocycles. The Labute approximate surface area is 68.4 Å². The minimum atomic E-state index is -0.593. The summed E-state index contributed by atoms with van der Waals surface area (Å²) < 4.78 is 5.79. The van der Waals surface area contributed by atoms with E-state index in [4.69, 9.17) is 5.26 Å². The minimum Gasteiger partial charge on any atom is -0.446 e. The molecule has 6 heteroatoms. The van der Waals surface area contributed by atoms with E-state index in [1.807, 2.05) is 0 Å². The SMILES string of the molecule is Cn1nncc1C(=O)OCC#N. The van der Waals surface area contributed by atoms with Crippen molar-refractivity contribution in [1.29, 1.82) is 5.26 Å². The van der Waals surface area contributed by atoms with Crippen LogP contribution in [0.4, 0.5) is 0 Å². The Kier molecular flexibility index (Phi) is 2.38. The first kappa shape index (κ1) is 8.20. The fraction of sp³-hybridized carbons (Fsp3) is 0.333. The second-order valence-electron chi connectivity index (χ2n) is 1.98. The third-order valence-corrected chi connectivity index (χ3v) is 1.19. The summed E-state index contributed by atoms with van der Waals surface area (Å²) in [4.78, 5) is 11.0. The summed E-state index contributed by atoms with van der Waals surface area (Å²) in [7, 11) is 1.57. The van der Waals surface area contributed by atoms with Crippen LogP contribution in [0.5, 0.6) is 0 Å². The molecule has 1 aromatic heterocycles. The van der Waals surface area contributed by atoms with Crippen molar-refractivity contribution in [3.05, 3.63) is 11.9 Å². The highest BCUT2D eigenvalue weighted by atomic mass is 16.5. The van der Waals surface area contributed by atoms with Crippen LogP contribution in [0.3, 0.4) is 0 Å². The van der Waals surface area contributed by atoms with E-state index in [-0.39, 0.29) is 12.3 Å². The summed E-state index contributed by atoms with van der Waals surface area (Å²) in [5, 5.41) is 15.1. The molecule has 0 amide bonds. The molecule has 62 valence electrons. The molecular formula is C6H6N4O2. The summed E-state index contributed by atoms with van der Waals surface area (Å²) in [5.41, 5.74) is 0.227. The minimum absolute atomic E-state index is 0.227. The molecule has 1 heterocycles. The molecular weight excluding hydrogens is 160 g/mol. The van der Waals surface area contributed by atoms with E-state index in [1.165, 1.54) is 10.9 Å². The van der Waals surface area contributed by atoms with Crippen molar-refractivity contribution in [3.63, 3.8) is 0 Å². The van der Waals surface area contributed by atoms with Crippen molar-refractivity contribution < 1.29 is 9.53 Å². The van der Waals surface area contributed by atoms with Gasteiger partial charge in [-0.3, -0.25) is 0 Å². The standard InChI is InChI=1S/C6H6N4O2/c1-10-5(4-8-9-10)6(11)12-3-2-7/h4H,3H2,1H3. The van der Waals surface area contributed by atoms with Gasteiger partial charge in [0.25, 0.3) is 0 Å². The van der Waals surface area contributed by atoms with Gasteiger partial charge in [-0.1, -0.05) is 5.21 Å². The van der Waals surface area contributed by atoms with Gasteiger partial charge in [-0.25, -0.2) is 9.48 Å². The number of nitriles is 1. The third-order valence-electron chi connectivity index (χ3n) is 1.19. The molecule has 0 N–H and O–H groups in total. The Bertz CT molecular complexity index is 325. The number of hydrogen-bond donors (Lipinski definition) is 0. The van der Waals surface area contributed by atoms with Crippen LogP contribution in [-0.2, 0) is 11.8 Å². The molecule has 12 heavy (non-hydrogen) atoms. The van der Waals surface area contributed by atoms with Crippen LogP contribution in [0, 0.1) is 11.3 Å². The van der Waals surface area contributed by atoms with Crippen molar-refractivity contribution >= 4 is 5.97 Å². The van der Waals surface area contributed by atoms with Crippen molar-refractivity contribution in [2.45, 2.75) is 0 Å². The van der Waals surface area contributed by atoms with Crippen LogP contribution in [0.2, 0.25) is 0 Å². The van der Waals surface area contributed by atoms with Gasteiger partial charge in [0.1, 0.15) is 6.07 Å². The van der Waals surface area contributed by atoms with E-state index < -0.39 is 5.97 Å². The van der Waals surface area contributed by atoms with Crippen LogP contribution in [-0.4, -0.2) is 27.6 Å². The van der Waals surface area contributed by atoms with Crippen molar-refractivity contribution in [2.24, 2.45) is 7.05 Å². The summed E-state index contributed by atoms with van der Waals surface area (Å²) >= 11 is 0. The van der Waals surface area contributed by atoms with E-state index in [9.17, 15) is 4.79 Å². The largest absolute Gasteiger partial charge is 0.446 e. The highest BCUT2D eigenvalue weighted by Crippen LogP contribution is 1.95. The fourth-order valence-electron chi connectivity index (χ4n) is 0.646. The number of carbonyl (C=O) groups is 1. The summed E-state index contributed by atoms with van der Waals surface area (Å²) in [5.74, 6) is -0.593. The van der Waals surface area contributed by atoms with Gasteiger partial charge in [-0.05, 0) is 0 Å². The summed E-state index contributed by atoms with van der Waals surface area (Å²) in [6, 6.07) is 1.69. The first-order valence-corrected chi connectivity index (χ1v) is 3.14. The first-order valence-electron chi connectivity index (χ1n) is 3.14. The maximum absolute atomic E-state index is 11.0. The lowest BCUT2D eigenvalue weighted by molar-refractivity contribution is 0.0542. The van der Waals surface area contributed by atoms with Gasteiger partial charge >= 0.3 is 5.97 Å². The Hall–Kier alpha value is -1.90. The lowest BCUT2D eigenvalue weighted by Crippen LogP contribution is -2.10. The molecule has 0 radical (unpaired) electrons. The molecule has 0 fully saturated rings. The number of esters is 1. The highest BCUT2D eigenvalue weighted by molar-refractivity contribution is 5.87. The molecule has 0 saturated carbocycles. The quantitative estimate of drug-likeness (QED) is 0.553.